The monoisotopic (exact) mass is 229 g/mol. The van der Waals surface area contributed by atoms with Crippen LogP contribution in [-0.4, -0.2) is 29.2 Å². The minimum absolute atomic E-state index is 0.478. The predicted octanol–water partition coefficient (Wildman–Crippen LogP) is 0.751. The number of esters is 2. The highest BCUT2D eigenvalue weighted by Gasteiger charge is 2.56. The standard InChI is InChI=1S/C11H19NO4/c1-7(12)8(13)15-11(5-6-11)9(14)16-10(2,3)4/h7H,5-6,12H2,1-4H3/t7-/m0/s1. The van der Waals surface area contributed by atoms with Crippen molar-refractivity contribution in [3.8, 4) is 0 Å². The van der Waals surface area contributed by atoms with E-state index in [9.17, 15) is 9.59 Å². The largest absolute Gasteiger partial charge is 0.457 e. The van der Waals surface area contributed by atoms with Crippen LogP contribution in [0.25, 0.3) is 0 Å². The van der Waals surface area contributed by atoms with Gasteiger partial charge >= 0.3 is 11.9 Å². The van der Waals surface area contributed by atoms with Crippen LogP contribution in [0.3, 0.4) is 0 Å². The fraction of sp³-hybridized carbons (Fsp3) is 0.818. The molecule has 0 unspecified atom stereocenters. The van der Waals surface area contributed by atoms with E-state index in [1.807, 2.05) is 0 Å². The van der Waals surface area contributed by atoms with E-state index < -0.39 is 29.2 Å². The van der Waals surface area contributed by atoms with Crippen molar-refractivity contribution in [3.05, 3.63) is 0 Å². The van der Waals surface area contributed by atoms with Gasteiger partial charge in [-0.05, 0) is 27.7 Å². The Morgan fingerprint density at radius 2 is 1.81 bits per heavy atom. The number of hydrogen-bond donors (Lipinski definition) is 1. The molecule has 0 aromatic carbocycles. The van der Waals surface area contributed by atoms with Crippen LogP contribution < -0.4 is 5.73 Å². The van der Waals surface area contributed by atoms with Crippen molar-refractivity contribution in [2.75, 3.05) is 0 Å². The van der Waals surface area contributed by atoms with E-state index in [1.165, 1.54) is 6.92 Å². The van der Waals surface area contributed by atoms with Crippen molar-refractivity contribution >= 4 is 11.9 Å². The Hall–Kier alpha value is -1.10. The van der Waals surface area contributed by atoms with Gasteiger partial charge in [-0.15, -0.1) is 0 Å². The van der Waals surface area contributed by atoms with Gasteiger partial charge in [-0.1, -0.05) is 0 Å². The molecule has 0 aromatic rings. The van der Waals surface area contributed by atoms with Gasteiger partial charge in [-0.25, -0.2) is 4.79 Å². The maximum atomic E-state index is 11.8. The summed E-state index contributed by atoms with van der Waals surface area (Å²) >= 11 is 0. The molecule has 1 aliphatic rings. The van der Waals surface area contributed by atoms with Crippen molar-refractivity contribution in [2.24, 2.45) is 5.73 Å². The molecule has 1 rings (SSSR count). The summed E-state index contributed by atoms with van der Waals surface area (Å²) in [6.07, 6.45) is 1.03. The van der Waals surface area contributed by atoms with E-state index in [0.717, 1.165) is 0 Å². The quantitative estimate of drug-likeness (QED) is 0.722. The minimum Gasteiger partial charge on any atom is -0.457 e. The number of carbonyl (C=O) groups is 2. The summed E-state index contributed by atoms with van der Waals surface area (Å²) in [4.78, 5) is 23.1. The van der Waals surface area contributed by atoms with Crippen LogP contribution in [0, 0.1) is 0 Å². The predicted molar refractivity (Wildman–Crippen MR) is 57.6 cm³/mol. The smallest absolute Gasteiger partial charge is 0.351 e. The summed E-state index contributed by atoms with van der Waals surface area (Å²) in [5.41, 5.74) is 3.72. The van der Waals surface area contributed by atoms with Crippen LogP contribution in [0.5, 0.6) is 0 Å². The zero-order valence-corrected chi connectivity index (χ0v) is 10.2. The lowest BCUT2D eigenvalue weighted by Crippen LogP contribution is -2.40. The molecule has 1 aliphatic carbocycles. The van der Waals surface area contributed by atoms with Crippen molar-refractivity contribution in [1.82, 2.24) is 0 Å². The van der Waals surface area contributed by atoms with E-state index in [-0.39, 0.29) is 0 Å². The van der Waals surface area contributed by atoms with E-state index in [0.29, 0.717) is 12.8 Å². The third kappa shape index (κ3) is 3.20. The molecule has 0 aromatic heterocycles. The summed E-state index contributed by atoms with van der Waals surface area (Å²) in [5.74, 6) is -1.04. The summed E-state index contributed by atoms with van der Waals surface area (Å²) in [5, 5.41) is 0. The topological polar surface area (TPSA) is 78.6 Å². The SMILES string of the molecule is C[C@H](N)C(=O)OC1(C(=O)OC(C)(C)C)CC1. The lowest BCUT2D eigenvalue weighted by atomic mass is 10.2. The average molecular weight is 229 g/mol. The summed E-state index contributed by atoms with van der Waals surface area (Å²) in [6.45, 7) is 6.84. The molecule has 0 aliphatic heterocycles. The highest BCUT2D eigenvalue weighted by Crippen LogP contribution is 2.41. The Morgan fingerprint density at radius 3 is 2.12 bits per heavy atom. The number of rotatable bonds is 3. The molecule has 0 saturated heterocycles. The second-order valence-corrected chi connectivity index (χ2v) is 5.21. The maximum Gasteiger partial charge on any atom is 0.351 e. The molecule has 0 radical (unpaired) electrons. The number of hydrogen-bond acceptors (Lipinski definition) is 5. The first-order valence-corrected chi connectivity index (χ1v) is 5.38. The molecular weight excluding hydrogens is 210 g/mol. The van der Waals surface area contributed by atoms with Gasteiger partial charge in [0.25, 0.3) is 0 Å². The molecule has 0 amide bonds. The van der Waals surface area contributed by atoms with Crippen molar-refractivity contribution in [1.29, 1.82) is 0 Å². The van der Waals surface area contributed by atoms with Gasteiger partial charge in [0, 0.05) is 12.8 Å². The normalized spacial score (nSPS) is 19.8. The highest BCUT2D eigenvalue weighted by molar-refractivity contribution is 5.87. The highest BCUT2D eigenvalue weighted by atomic mass is 16.6. The molecule has 2 N–H and O–H groups in total. The number of nitrogens with two attached hydrogens (primary N) is 1. The third-order valence-electron chi connectivity index (χ3n) is 2.14. The lowest BCUT2D eigenvalue weighted by Gasteiger charge is -2.24. The lowest BCUT2D eigenvalue weighted by molar-refractivity contribution is -0.179. The maximum absolute atomic E-state index is 11.8. The van der Waals surface area contributed by atoms with E-state index >= 15 is 0 Å². The first-order valence-electron chi connectivity index (χ1n) is 5.38. The molecule has 5 heteroatoms. The van der Waals surface area contributed by atoms with Gasteiger partial charge in [0.1, 0.15) is 11.6 Å². The van der Waals surface area contributed by atoms with Gasteiger partial charge in [0.15, 0.2) is 0 Å². The zero-order chi connectivity index (χ0) is 12.6. The Morgan fingerprint density at radius 1 is 1.31 bits per heavy atom. The molecule has 16 heavy (non-hydrogen) atoms. The van der Waals surface area contributed by atoms with Crippen molar-refractivity contribution in [2.45, 2.75) is 57.8 Å². The second kappa shape index (κ2) is 4.05. The summed E-state index contributed by atoms with van der Waals surface area (Å²) in [6, 6.07) is -0.722. The number of ether oxygens (including phenoxy) is 2. The van der Waals surface area contributed by atoms with Crippen LogP contribution in [0.1, 0.15) is 40.5 Å². The second-order valence-electron chi connectivity index (χ2n) is 5.21. The number of carbonyl (C=O) groups excluding carboxylic acids is 2. The van der Waals surface area contributed by atoms with Gasteiger partial charge < -0.3 is 15.2 Å². The first kappa shape index (κ1) is 13.0. The van der Waals surface area contributed by atoms with Crippen molar-refractivity contribution in [3.63, 3.8) is 0 Å². The molecule has 92 valence electrons. The fourth-order valence-corrected chi connectivity index (χ4v) is 1.12. The molecular formula is C11H19NO4. The van der Waals surface area contributed by atoms with Crippen LogP contribution in [0.4, 0.5) is 0 Å². The Balaban J connectivity index is 2.59. The van der Waals surface area contributed by atoms with Gasteiger partial charge in [0.2, 0.25) is 5.60 Å². The third-order valence-corrected chi connectivity index (χ3v) is 2.14. The van der Waals surface area contributed by atoms with Gasteiger partial charge in [-0.3, -0.25) is 4.79 Å². The Labute approximate surface area is 95.3 Å². The molecule has 1 fully saturated rings. The van der Waals surface area contributed by atoms with E-state index in [1.54, 1.807) is 20.8 Å². The summed E-state index contributed by atoms with van der Waals surface area (Å²) < 4.78 is 10.3. The van der Waals surface area contributed by atoms with Gasteiger partial charge in [0.05, 0.1) is 0 Å². The molecule has 0 spiro atoms. The van der Waals surface area contributed by atoms with Crippen LogP contribution in [0.2, 0.25) is 0 Å². The van der Waals surface area contributed by atoms with Crippen molar-refractivity contribution < 1.29 is 19.1 Å². The average Bonchev–Trinajstić information content (AvgIpc) is 2.82. The van der Waals surface area contributed by atoms with Gasteiger partial charge in [-0.2, -0.15) is 0 Å². The fourth-order valence-electron chi connectivity index (χ4n) is 1.12. The first-order chi connectivity index (χ1) is 7.16. The zero-order valence-electron chi connectivity index (χ0n) is 10.2. The Bertz CT molecular complexity index is 300. The molecule has 0 heterocycles. The van der Waals surface area contributed by atoms with E-state index in [4.69, 9.17) is 15.2 Å². The Kier molecular flexibility index (Phi) is 3.28. The molecule has 0 bridgehead atoms. The minimum atomic E-state index is -1.07. The molecule has 5 nitrogen and oxygen atoms in total. The van der Waals surface area contributed by atoms with E-state index in [2.05, 4.69) is 0 Å². The van der Waals surface area contributed by atoms with Crippen LogP contribution in [-0.2, 0) is 19.1 Å². The molecule has 1 saturated carbocycles. The van der Waals surface area contributed by atoms with Crippen LogP contribution >= 0.6 is 0 Å². The summed E-state index contributed by atoms with van der Waals surface area (Å²) in [7, 11) is 0. The molecule has 1 atom stereocenters. The van der Waals surface area contributed by atoms with Crippen LogP contribution in [0.15, 0.2) is 0 Å².